The lowest BCUT2D eigenvalue weighted by atomic mass is 9.99. The van der Waals surface area contributed by atoms with Crippen molar-refractivity contribution in [1.29, 1.82) is 0 Å². The molecule has 0 saturated carbocycles. The molecule has 0 heterocycles. The lowest BCUT2D eigenvalue weighted by Crippen LogP contribution is -2.03. The molecular formula is C12H15BrClFO. The number of hydrogen-bond acceptors (Lipinski definition) is 1. The van der Waals surface area contributed by atoms with Gasteiger partial charge in [0.15, 0.2) is 0 Å². The van der Waals surface area contributed by atoms with Gasteiger partial charge in [0, 0.05) is 10.0 Å². The highest BCUT2D eigenvalue weighted by atomic mass is 79.9. The van der Waals surface area contributed by atoms with E-state index in [1.807, 2.05) is 0 Å². The van der Waals surface area contributed by atoms with Crippen LogP contribution >= 0.6 is 27.5 Å². The second kappa shape index (κ2) is 5.99. The molecule has 0 aromatic heterocycles. The highest BCUT2D eigenvalue weighted by Crippen LogP contribution is 2.30. The fraction of sp³-hybridized carbons (Fsp3) is 0.500. The van der Waals surface area contributed by atoms with E-state index in [9.17, 15) is 9.50 Å². The number of benzene rings is 1. The molecule has 16 heavy (non-hydrogen) atoms. The summed E-state index contributed by atoms with van der Waals surface area (Å²) in [5.41, 5.74) is 0.272. The van der Waals surface area contributed by atoms with E-state index in [-0.39, 0.29) is 5.56 Å². The van der Waals surface area contributed by atoms with Crippen molar-refractivity contribution in [2.45, 2.75) is 32.8 Å². The van der Waals surface area contributed by atoms with Gasteiger partial charge in [-0.3, -0.25) is 0 Å². The molecule has 0 aliphatic carbocycles. The molecule has 1 rings (SSSR count). The molecule has 90 valence electrons. The normalized spacial score (nSPS) is 13.2. The highest BCUT2D eigenvalue weighted by Gasteiger charge is 2.15. The summed E-state index contributed by atoms with van der Waals surface area (Å²) in [6.45, 7) is 4.13. The quantitative estimate of drug-likeness (QED) is 0.799. The first-order valence-electron chi connectivity index (χ1n) is 5.24. The molecule has 1 N–H and O–H groups in total. The van der Waals surface area contributed by atoms with Crippen LogP contribution in [0.4, 0.5) is 4.39 Å². The van der Waals surface area contributed by atoms with E-state index in [0.29, 0.717) is 21.8 Å². The Morgan fingerprint density at radius 1 is 1.38 bits per heavy atom. The number of rotatable bonds is 4. The monoisotopic (exact) mass is 308 g/mol. The second-order valence-electron chi connectivity index (χ2n) is 4.27. The summed E-state index contributed by atoms with van der Waals surface area (Å²) in [5, 5.41) is 10.3. The minimum absolute atomic E-state index is 0.272. The van der Waals surface area contributed by atoms with Crippen molar-refractivity contribution in [3.05, 3.63) is 33.0 Å². The van der Waals surface area contributed by atoms with Crippen molar-refractivity contribution >= 4 is 27.5 Å². The third-order valence-electron chi connectivity index (χ3n) is 2.42. The third-order valence-corrected chi connectivity index (χ3v) is 3.61. The Balaban J connectivity index is 2.82. The molecule has 0 saturated heterocycles. The van der Waals surface area contributed by atoms with Crippen molar-refractivity contribution < 1.29 is 9.50 Å². The standard InChI is InChI=1S/C12H15BrClFO/c1-7(2)3-4-12(16)8-5-10(14)9(13)6-11(8)15/h5-7,12,16H,3-4H2,1-2H3. The first-order chi connectivity index (χ1) is 7.41. The zero-order valence-corrected chi connectivity index (χ0v) is 11.6. The van der Waals surface area contributed by atoms with E-state index in [0.717, 1.165) is 6.42 Å². The number of hydrogen-bond donors (Lipinski definition) is 1. The van der Waals surface area contributed by atoms with Gasteiger partial charge in [-0.15, -0.1) is 0 Å². The number of aliphatic hydroxyl groups excluding tert-OH is 1. The van der Waals surface area contributed by atoms with Crippen LogP contribution in [-0.2, 0) is 0 Å². The maximum atomic E-state index is 13.6. The molecule has 0 aliphatic rings. The smallest absolute Gasteiger partial charge is 0.130 e. The Morgan fingerprint density at radius 2 is 2.00 bits per heavy atom. The van der Waals surface area contributed by atoms with Gasteiger partial charge in [-0.25, -0.2) is 4.39 Å². The second-order valence-corrected chi connectivity index (χ2v) is 5.54. The lowest BCUT2D eigenvalue weighted by molar-refractivity contribution is 0.155. The Hall–Kier alpha value is -0.120. The summed E-state index contributed by atoms with van der Waals surface area (Å²) < 4.78 is 14.1. The van der Waals surface area contributed by atoms with Gasteiger partial charge in [0.25, 0.3) is 0 Å². The van der Waals surface area contributed by atoms with Gasteiger partial charge in [-0.2, -0.15) is 0 Å². The Kier molecular flexibility index (Phi) is 5.22. The number of aliphatic hydroxyl groups is 1. The van der Waals surface area contributed by atoms with Crippen molar-refractivity contribution in [3.8, 4) is 0 Å². The third kappa shape index (κ3) is 3.72. The fourth-order valence-corrected chi connectivity index (χ4v) is 1.93. The van der Waals surface area contributed by atoms with Crippen LogP contribution in [0.1, 0.15) is 38.4 Å². The zero-order valence-electron chi connectivity index (χ0n) is 9.30. The summed E-state index contributed by atoms with van der Waals surface area (Å²) >= 11 is 9.01. The van der Waals surface area contributed by atoms with E-state index in [4.69, 9.17) is 11.6 Å². The Labute approximate surface area is 109 Å². The van der Waals surface area contributed by atoms with Crippen LogP contribution in [0.25, 0.3) is 0 Å². The van der Waals surface area contributed by atoms with E-state index >= 15 is 0 Å². The van der Waals surface area contributed by atoms with Crippen LogP contribution in [0.2, 0.25) is 5.02 Å². The van der Waals surface area contributed by atoms with Crippen molar-refractivity contribution in [2.75, 3.05) is 0 Å². The maximum absolute atomic E-state index is 13.6. The van der Waals surface area contributed by atoms with Crippen LogP contribution < -0.4 is 0 Å². The molecule has 0 amide bonds. The van der Waals surface area contributed by atoms with Crippen LogP contribution in [0.3, 0.4) is 0 Å². The summed E-state index contributed by atoms with van der Waals surface area (Å²) in [5.74, 6) is 0.0659. The summed E-state index contributed by atoms with van der Waals surface area (Å²) in [6, 6.07) is 2.77. The molecule has 0 bridgehead atoms. The summed E-state index contributed by atoms with van der Waals surface area (Å²) in [4.78, 5) is 0. The molecule has 0 spiro atoms. The largest absolute Gasteiger partial charge is 0.388 e. The van der Waals surface area contributed by atoms with Gasteiger partial charge >= 0.3 is 0 Å². The van der Waals surface area contributed by atoms with E-state index in [1.54, 1.807) is 0 Å². The first-order valence-corrected chi connectivity index (χ1v) is 6.41. The molecule has 1 nitrogen and oxygen atoms in total. The van der Waals surface area contributed by atoms with E-state index in [1.165, 1.54) is 12.1 Å². The molecule has 0 aliphatic heterocycles. The van der Waals surface area contributed by atoms with Crippen LogP contribution in [0.5, 0.6) is 0 Å². The molecule has 1 atom stereocenters. The summed E-state index contributed by atoms with van der Waals surface area (Å²) in [7, 11) is 0. The molecule has 1 unspecified atom stereocenters. The molecule has 0 fully saturated rings. The van der Waals surface area contributed by atoms with Crippen molar-refractivity contribution in [2.24, 2.45) is 5.92 Å². The predicted molar refractivity (Wildman–Crippen MR) is 68.1 cm³/mol. The molecule has 0 radical (unpaired) electrons. The molecule has 1 aromatic rings. The van der Waals surface area contributed by atoms with Gasteiger partial charge in [-0.05, 0) is 46.8 Å². The average Bonchev–Trinajstić information content (AvgIpc) is 2.20. The first kappa shape index (κ1) is 13.9. The maximum Gasteiger partial charge on any atom is 0.130 e. The average molecular weight is 310 g/mol. The Morgan fingerprint density at radius 3 is 2.56 bits per heavy atom. The van der Waals surface area contributed by atoms with E-state index in [2.05, 4.69) is 29.8 Å². The van der Waals surface area contributed by atoms with Gasteiger partial charge in [0.1, 0.15) is 5.82 Å². The molecule has 4 heteroatoms. The van der Waals surface area contributed by atoms with Gasteiger partial charge in [0.2, 0.25) is 0 Å². The van der Waals surface area contributed by atoms with Gasteiger partial charge in [-0.1, -0.05) is 25.4 Å². The van der Waals surface area contributed by atoms with Crippen LogP contribution in [0.15, 0.2) is 16.6 Å². The van der Waals surface area contributed by atoms with Crippen molar-refractivity contribution in [3.63, 3.8) is 0 Å². The predicted octanol–water partition coefficient (Wildman–Crippen LogP) is 4.71. The molecule has 1 aromatic carbocycles. The van der Waals surface area contributed by atoms with Crippen molar-refractivity contribution in [1.82, 2.24) is 0 Å². The fourth-order valence-electron chi connectivity index (χ4n) is 1.44. The minimum Gasteiger partial charge on any atom is -0.388 e. The van der Waals surface area contributed by atoms with E-state index < -0.39 is 11.9 Å². The minimum atomic E-state index is -0.784. The number of halogens is 3. The lowest BCUT2D eigenvalue weighted by Gasteiger charge is -2.14. The highest BCUT2D eigenvalue weighted by molar-refractivity contribution is 9.10. The zero-order chi connectivity index (χ0) is 12.3. The SMILES string of the molecule is CC(C)CCC(O)c1cc(Cl)c(Br)cc1F. The Bertz CT molecular complexity index is 368. The molecular weight excluding hydrogens is 294 g/mol. The topological polar surface area (TPSA) is 20.2 Å². The van der Waals surface area contributed by atoms with Gasteiger partial charge in [0.05, 0.1) is 11.1 Å². The van der Waals surface area contributed by atoms with Crippen LogP contribution in [-0.4, -0.2) is 5.11 Å². The summed E-state index contributed by atoms with van der Waals surface area (Å²) in [6.07, 6.45) is 0.619. The van der Waals surface area contributed by atoms with Crippen LogP contribution in [0, 0.1) is 11.7 Å². The van der Waals surface area contributed by atoms with Gasteiger partial charge < -0.3 is 5.11 Å².